The molecule has 0 N–H and O–H groups in total. The molecule has 0 spiro atoms. The van der Waals surface area contributed by atoms with Crippen molar-refractivity contribution in [2.45, 2.75) is 13.8 Å². The molecule has 3 aromatic rings. The lowest BCUT2D eigenvalue weighted by Gasteiger charge is -2.34. The second kappa shape index (κ2) is 7.96. The number of thiophene rings is 1. The highest BCUT2D eigenvalue weighted by molar-refractivity contribution is 7.20. The topological polar surface area (TPSA) is 67.7 Å². The number of ether oxygens (including phenoxy) is 1. The Kier molecular flexibility index (Phi) is 5.38. The lowest BCUT2D eigenvalue weighted by atomic mass is 10.2. The Balaban J connectivity index is 1.95. The van der Waals surface area contributed by atoms with Gasteiger partial charge in [-0.1, -0.05) is 18.2 Å². The Labute approximate surface area is 173 Å². The van der Waals surface area contributed by atoms with Gasteiger partial charge in [-0.05, 0) is 38.6 Å². The fourth-order valence-electron chi connectivity index (χ4n) is 3.59. The van der Waals surface area contributed by atoms with Crippen molar-refractivity contribution in [3.05, 3.63) is 51.1 Å². The Bertz CT molecular complexity index is 1100. The van der Waals surface area contributed by atoms with E-state index in [0.717, 1.165) is 31.9 Å². The molecular weight excluding hydrogens is 388 g/mol. The number of benzene rings is 1. The number of likely N-dealkylation sites (N-methyl/N-ethyl adjacent to an activating group) is 1. The quantitative estimate of drug-likeness (QED) is 0.614. The maximum atomic E-state index is 13.6. The normalized spacial score (nSPS) is 15.1. The van der Waals surface area contributed by atoms with Gasteiger partial charge in [-0.3, -0.25) is 4.79 Å². The van der Waals surface area contributed by atoms with Gasteiger partial charge in [0.1, 0.15) is 9.71 Å². The number of piperazine rings is 1. The molecule has 152 valence electrons. The van der Waals surface area contributed by atoms with E-state index in [0.29, 0.717) is 33.2 Å². The van der Waals surface area contributed by atoms with Gasteiger partial charge in [-0.15, -0.1) is 11.3 Å². The number of nitrogens with zero attached hydrogens (tertiary/aromatic N) is 4. The number of hydrogen-bond donors (Lipinski definition) is 0. The SMILES string of the molecule is CCOC(=O)c1sc2nc(N3CCN(C)CC3)n(-c3ccccc3)c(=O)c2c1C. The standard InChI is InChI=1S/C21H24N4O3S/c1-4-28-20(27)17-14(2)16-18(29-17)22-21(24-12-10-23(3)11-13-24)25(19(16)26)15-8-6-5-7-9-15/h5-9H,4,10-13H2,1-3H3. The van der Waals surface area contributed by atoms with Crippen LogP contribution in [0.25, 0.3) is 15.9 Å². The minimum absolute atomic E-state index is 0.153. The molecule has 29 heavy (non-hydrogen) atoms. The predicted octanol–water partition coefficient (Wildman–Crippen LogP) is 2.68. The smallest absolute Gasteiger partial charge is 0.348 e. The lowest BCUT2D eigenvalue weighted by molar-refractivity contribution is 0.0531. The van der Waals surface area contributed by atoms with Crippen LogP contribution < -0.4 is 10.5 Å². The van der Waals surface area contributed by atoms with Crippen LogP contribution in [0.5, 0.6) is 0 Å². The third-order valence-electron chi connectivity index (χ3n) is 5.21. The van der Waals surface area contributed by atoms with Crippen LogP contribution >= 0.6 is 11.3 Å². The minimum Gasteiger partial charge on any atom is -0.462 e. The lowest BCUT2D eigenvalue weighted by Crippen LogP contribution is -2.46. The van der Waals surface area contributed by atoms with Crippen molar-refractivity contribution in [1.82, 2.24) is 14.5 Å². The van der Waals surface area contributed by atoms with Crippen LogP contribution in [-0.4, -0.2) is 60.3 Å². The molecule has 1 aliphatic rings. The first kappa shape index (κ1) is 19.6. The van der Waals surface area contributed by atoms with Crippen LogP contribution in [0.15, 0.2) is 35.1 Å². The summed E-state index contributed by atoms with van der Waals surface area (Å²) in [7, 11) is 2.09. The van der Waals surface area contributed by atoms with Crippen molar-refractivity contribution in [2.24, 2.45) is 0 Å². The van der Waals surface area contributed by atoms with E-state index in [4.69, 9.17) is 9.72 Å². The molecule has 0 atom stereocenters. The second-order valence-corrected chi connectivity index (χ2v) is 8.13. The third-order valence-corrected chi connectivity index (χ3v) is 6.37. The highest BCUT2D eigenvalue weighted by Crippen LogP contribution is 2.30. The van der Waals surface area contributed by atoms with Gasteiger partial charge in [-0.25, -0.2) is 14.3 Å². The molecule has 8 heteroatoms. The highest BCUT2D eigenvalue weighted by atomic mass is 32.1. The van der Waals surface area contributed by atoms with Crippen LogP contribution in [0, 0.1) is 6.92 Å². The zero-order valence-corrected chi connectivity index (χ0v) is 17.7. The van der Waals surface area contributed by atoms with Gasteiger partial charge in [0.05, 0.1) is 17.7 Å². The van der Waals surface area contributed by atoms with E-state index in [1.165, 1.54) is 11.3 Å². The Hall–Kier alpha value is -2.71. The van der Waals surface area contributed by atoms with Gasteiger partial charge in [0, 0.05) is 26.2 Å². The van der Waals surface area contributed by atoms with Crippen molar-refractivity contribution in [1.29, 1.82) is 0 Å². The summed E-state index contributed by atoms with van der Waals surface area (Å²) in [4.78, 5) is 36.3. The largest absolute Gasteiger partial charge is 0.462 e. The maximum Gasteiger partial charge on any atom is 0.348 e. The minimum atomic E-state index is -0.403. The first-order valence-electron chi connectivity index (χ1n) is 9.73. The molecule has 1 aliphatic heterocycles. The van der Waals surface area contributed by atoms with E-state index in [2.05, 4.69) is 16.8 Å². The zero-order chi connectivity index (χ0) is 20.5. The summed E-state index contributed by atoms with van der Waals surface area (Å²) in [5, 5.41) is 0.486. The van der Waals surface area contributed by atoms with Gasteiger partial charge >= 0.3 is 5.97 Å². The zero-order valence-electron chi connectivity index (χ0n) is 16.8. The van der Waals surface area contributed by atoms with Crippen LogP contribution in [0.1, 0.15) is 22.2 Å². The molecule has 1 saturated heterocycles. The van der Waals surface area contributed by atoms with Gasteiger partial charge < -0.3 is 14.5 Å². The molecule has 0 radical (unpaired) electrons. The summed E-state index contributed by atoms with van der Waals surface area (Å²) in [6.45, 7) is 7.24. The molecule has 1 aromatic carbocycles. The number of esters is 1. The molecule has 3 heterocycles. The number of anilines is 1. The number of para-hydroxylation sites is 1. The van der Waals surface area contributed by atoms with E-state index < -0.39 is 5.97 Å². The predicted molar refractivity (Wildman–Crippen MR) is 116 cm³/mol. The average molecular weight is 413 g/mol. The number of carbonyl (C=O) groups excluding carboxylic acids is 1. The Morgan fingerprint density at radius 3 is 2.52 bits per heavy atom. The van der Waals surface area contributed by atoms with Gasteiger partial charge in [-0.2, -0.15) is 0 Å². The molecule has 4 rings (SSSR count). The van der Waals surface area contributed by atoms with Crippen LogP contribution in [-0.2, 0) is 4.74 Å². The highest BCUT2D eigenvalue weighted by Gasteiger charge is 2.26. The molecule has 7 nitrogen and oxygen atoms in total. The van der Waals surface area contributed by atoms with E-state index in [1.54, 1.807) is 18.4 Å². The van der Waals surface area contributed by atoms with Crippen LogP contribution in [0.2, 0.25) is 0 Å². The van der Waals surface area contributed by atoms with E-state index in [1.807, 2.05) is 30.3 Å². The maximum absolute atomic E-state index is 13.6. The molecule has 0 aliphatic carbocycles. The average Bonchev–Trinajstić information content (AvgIpc) is 3.06. The summed E-state index contributed by atoms with van der Waals surface area (Å²) in [5.41, 5.74) is 1.25. The summed E-state index contributed by atoms with van der Waals surface area (Å²) >= 11 is 1.23. The van der Waals surface area contributed by atoms with Crippen LogP contribution in [0.4, 0.5) is 5.95 Å². The molecule has 0 unspecified atom stereocenters. The van der Waals surface area contributed by atoms with Crippen molar-refractivity contribution in [2.75, 3.05) is 44.7 Å². The summed E-state index contributed by atoms with van der Waals surface area (Å²) in [6, 6.07) is 9.55. The number of aryl methyl sites for hydroxylation is 1. The Morgan fingerprint density at radius 2 is 1.86 bits per heavy atom. The fourth-order valence-corrected chi connectivity index (χ4v) is 4.65. The third kappa shape index (κ3) is 3.54. The van der Waals surface area contributed by atoms with Crippen molar-refractivity contribution in [3.8, 4) is 5.69 Å². The second-order valence-electron chi connectivity index (χ2n) is 7.14. The number of carbonyl (C=O) groups is 1. The fraction of sp³-hybridized carbons (Fsp3) is 0.381. The summed E-state index contributed by atoms with van der Waals surface area (Å²) in [6.07, 6.45) is 0. The summed E-state index contributed by atoms with van der Waals surface area (Å²) in [5.74, 6) is 0.221. The summed E-state index contributed by atoms with van der Waals surface area (Å²) < 4.78 is 6.84. The first-order chi connectivity index (χ1) is 14.0. The molecule has 2 aromatic heterocycles. The van der Waals surface area contributed by atoms with Gasteiger partial charge in [0.25, 0.3) is 5.56 Å². The first-order valence-corrected chi connectivity index (χ1v) is 10.5. The van der Waals surface area contributed by atoms with Crippen LogP contribution in [0.3, 0.4) is 0 Å². The van der Waals surface area contributed by atoms with Crippen molar-refractivity contribution in [3.63, 3.8) is 0 Å². The number of hydrogen-bond acceptors (Lipinski definition) is 7. The van der Waals surface area contributed by atoms with Gasteiger partial charge in [0.15, 0.2) is 0 Å². The molecular formula is C21H24N4O3S. The van der Waals surface area contributed by atoms with E-state index in [-0.39, 0.29) is 5.56 Å². The molecule has 0 bridgehead atoms. The van der Waals surface area contributed by atoms with E-state index in [9.17, 15) is 9.59 Å². The molecule has 0 saturated carbocycles. The molecule has 1 fully saturated rings. The number of aromatic nitrogens is 2. The van der Waals surface area contributed by atoms with E-state index >= 15 is 0 Å². The number of fused-ring (bicyclic) bond motifs is 1. The van der Waals surface area contributed by atoms with Gasteiger partial charge in [0.2, 0.25) is 5.95 Å². The van der Waals surface area contributed by atoms with Crippen molar-refractivity contribution >= 4 is 33.5 Å². The Morgan fingerprint density at radius 1 is 1.17 bits per heavy atom. The monoisotopic (exact) mass is 412 g/mol. The van der Waals surface area contributed by atoms with Crippen molar-refractivity contribution < 1.29 is 9.53 Å². The molecule has 0 amide bonds. The number of rotatable bonds is 4.